The summed E-state index contributed by atoms with van der Waals surface area (Å²) in [6, 6.07) is 18.9. The van der Waals surface area contributed by atoms with Crippen molar-refractivity contribution in [2.75, 3.05) is 42.9 Å². The zero-order valence-corrected chi connectivity index (χ0v) is 22.4. The van der Waals surface area contributed by atoms with Gasteiger partial charge in [-0.15, -0.1) is 24.8 Å². The largest absolute Gasteiger partial charge is 0.368 e. The Kier molecular flexibility index (Phi) is 11.1. The molecule has 0 spiro atoms. The fraction of sp³-hybridized carbons (Fsp3) is 0.407. The fourth-order valence-corrected chi connectivity index (χ4v) is 4.31. The van der Waals surface area contributed by atoms with E-state index in [2.05, 4.69) is 74.8 Å². The number of nitrogens with zero attached hydrogens (tertiary/aromatic N) is 3. The predicted octanol–water partition coefficient (Wildman–Crippen LogP) is 5.67. The molecule has 1 aliphatic rings. The third kappa shape index (κ3) is 7.72. The molecule has 6 nitrogen and oxygen atoms in total. The van der Waals surface area contributed by atoms with Crippen molar-refractivity contribution < 1.29 is 4.79 Å². The summed E-state index contributed by atoms with van der Waals surface area (Å²) in [5, 5.41) is 7.13. The molecule has 1 aromatic heterocycles. The molecule has 4 rings (SSSR count). The zero-order valence-electron chi connectivity index (χ0n) is 20.8. The summed E-state index contributed by atoms with van der Waals surface area (Å²) in [5.74, 6) is 0. The minimum atomic E-state index is -0.142. The second-order valence-corrected chi connectivity index (χ2v) is 8.98. The normalized spacial score (nSPS) is 14.5. The van der Waals surface area contributed by atoms with Crippen LogP contribution in [0.4, 0.5) is 16.2 Å². The number of piperazine rings is 1. The van der Waals surface area contributed by atoms with Crippen LogP contribution in [0.1, 0.15) is 31.5 Å². The number of urea groups is 1. The second kappa shape index (κ2) is 13.5. The summed E-state index contributed by atoms with van der Waals surface area (Å²) in [5.41, 5.74) is 5.50. The summed E-state index contributed by atoms with van der Waals surface area (Å²) in [4.78, 5) is 21.8. The Hall–Kier alpha value is -2.54. The topological polar surface area (TPSA) is 60.5 Å². The van der Waals surface area contributed by atoms with Crippen LogP contribution in [0.2, 0.25) is 0 Å². The molecule has 1 unspecified atom stereocenters. The maximum absolute atomic E-state index is 12.1. The minimum Gasteiger partial charge on any atom is -0.368 e. The molecule has 8 heteroatoms. The number of nitrogens with one attached hydrogen (secondary N) is 2. The average Bonchev–Trinajstić information content (AvgIpc) is 2.82. The highest BCUT2D eigenvalue weighted by molar-refractivity contribution is 5.92. The summed E-state index contributed by atoms with van der Waals surface area (Å²) >= 11 is 0. The van der Waals surface area contributed by atoms with Gasteiger partial charge >= 0.3 is 6.03 Å². The fourth-order valence-electron chi connectivity index (χ4n) is 4.31. The molecular formula is C27H37Cl2N5O. The van der Waals surface area contributed by atoms with Crippen LogP contribution in [0.3, 0.4) is 0 Å². The molecule has 1 saturated heterocycles. The van der Waals surface area contributed by atoms with Gasteiger partial charge in [-0.2, -0.15) is 0 Å². The Balaban J connectivity index is 0.00000216. The number of amides is 2. The molecule has 0 aliphatic carbocycles. The first kappa shape index (κ1) is 28.7. The van der Waals surface area contributed by atoms with Crippen LogP contribution in [0.15, 0.2) is 54.6 Å². The van der Waals surface area contributed by atoms with E-state index in [4.69, 9.17) is 0 Å². The first-order valence-corrected chi connectivity index (χ1v) is 12.0. The standard InChI is InChI=1S/C27H35N5O.2ClH/c1-4-20(2)29-27(33)30-23-8-5-7-22(19-23)13-14-31-15-17-32(18-16-31)26-10-6-9-25-24(26)12-11-21(3)28-25;;/h5-12,19-20H,4,13-18H2,1-3H3,(H2,29,30,33);2*1H. The number of hydrogen-bond acceptors (Lipinski definition) is 4. The van der Waals surface area contributed by atoms with E-state index in [1.807, 2.05) is 26.0 Å². The van der Waals surface area contributed by atoms with Crippen LogP contribution in [-0.2, 0) is 6.42 Å². The Morgan fingerprint density at radius 2 is 1.77 bits per heavy atom. The van der Waals surface area contributed by atoms with Gasteiger partial charge in [-0.1, -0.05) is 25.1 Å². The summed E-state index contributed by atoms with van der Waals surface area (Å²) in [6.45, 7) is 11.3. The van der Waals surface area contributed by atoms with Crippen molar-refractivity contribution in [3.8, 4) is 0 Å². The minimum absolute atomic E-state index is 0. The van der Waals surface area contributed by atoms with Gasteiger partial charge in [0.15, 0.2) is 0 Å². The molecule has 1 fully saturated rings. The van der Waals surface area contributed by atoms with Crippen molar-refractivity contribution >= 4 is 53.1 Å². The Morgan fingerprint density at radius 1 is 1.03 bits per heavy atom. The molecule has 190 valence electrons. The highest BCUT2D eigenvalue weighted by Crippen LogP contribution is 2.27. The van der Waals surface area contributed by atoms with Crippen molar-refractivity contribution in [3.05, 3.63) is 65.9 Å². The molecule has 2 amide bonds. The molecule has 1 atom stereocenters. The monoisotopic (exact) mass is 517 g/mol. The number of carbonyl (C=O) groups is 1. The molecule has 2 aromatic carbocycles. The quantitative estimate of drug-likeness (QED) is 0.423. The van der Waals surface area contributed by atoms with Gasteiger partial charge in [-0.3, -0.25) is 9.88 Å². The lowest BCUT2D eigenvalue weighted by atomic mass is 10.1. The highest BCUT2D eigenvalue weighted by atomic mass is 35.5. The number of rotatable bonds is 7. The van der Waals surface area contributed by atoms with Gasteiger partial charge in [0.1, 0.15) is 0 Å². The number of benzene rings is 2. The van der Waals surface area contributed by atoms with E-state index in [1.165, 1.54) is 16.6 Å². The lowest BCUT2D eigenvalue weighted by molar-refractivity contribution is 0.249. The molecule has 1 aliphatic heterocycles. The maximum Gasteiger partial charge on any atom is 0.319 e. The van der Waals surface area contributed by atoms with Crippen molar-refractivity contribution in [1.82, 2.24) is 15.2 Å². The molecule has 2 N–H and O–H groups in total. The lowest BCUT2D eigenvalue weighted by Crippen LogP contribution is -2.47. The van der Waals surface area contributed by atoms with E-state index >= 15 is 0 Å². The molecule has 35 heavy (non-hydrogen) atoms. The summed E-state index contributed by atoms with van der Waals surface area (Å²) < 4.78 is 0. The Labute approximate surface area is 221 Å². The number of aromatic nitrogens is 1. The molecule has 3 aromatic rings. The number of hydrogen-bond donors (Lipinski definition) is 2. The van der Waals surface area contributed by atoms with Crippen molar-refractivity contribution in [2.45, 2.75) is 39.7 Å². The smallest absolute Gasteiger partial charge is 0.319 e. The summed E-state index contributed by atoms with van der Waals surface area (Å²) in [6.07, 6.45) is 1.89. The second-order valence-electron chi connectivity index (χ2n) is 8.98. The Bertz CT molecular complexity index is 1100. The van der Waals surface area contributed by atoms with Gasteiger partial charge in [0.05, 0.1) is 5.52 Å². The average molecular weight is 519 g/mol. The van der Waals surface area contributed by atoms with E-state index in [9.17, 15) is 4.79 Å². The van der Waals surface area contributed by atoms with Gasteiger partial charge in [0.2, 0.25) is 0 Å². The van der Waals surface area contributed by atoms with Gasteiger partial charge in [-0.25, -0.2) is 4.79 Å². The number of pyridine rings is 1. The van der Waals surface area contributed by atoms with Gasteiger partial charge < -0.3 is 15.5 Å². The maximum atomic E-state index is 12.1. The zero-order chi connectivity index (χ0) is 23.2. The molecular weight excluding hydrogens is 481 g/mol. The van der Waals surface area contributed by atoms with Crippen molar-refractivity contribution in [2.24, 2.45) is 0 Å². The van der Waals surface area contributed by atoms with E-state index in [0.29, 0.717) is 0 Å². The number of carbonyl (C=O) groups excluding carboxylic acids is 1. The lowest BCUT2D eigenvalue weighted by Gasteiger charge is -2.36. The van der Waals surface area contributed by atoms with Gasteiger partial charge in [0.25, 0.3) is 0 Å². The Morgan fingerprint density at radius 3 is 2.51 bits per heavy atom. The number of fused-ring (bicyclic) bond motifs is 1. The molecule has 0 bridgehead atoms. The van der Waals surface area contributed by atoms with Crippen LogP contribution >= 0.6 is 24.8 Å². The third-order valence-electron chi connectivity index (χ3n) is 6.45. The molecule has 0 radical (unpaired) electrons. The predicted molar refractivity (Wildman–Crippen MR) is 152 cm³/mol. The third-order valence-corrected chi connectivity index (χ3v) is 6.45. The van der Waals surface area contributed by atoms with Crippen LogP contribution in [0.5, 0.6) is 0 Å². The van der Waals surface area contributed by atoms with E-state index in [-0.39, 0.29) is 36.9 Å². The van der Waals surface area contributed by atoms with E-state index in [1.54, 1.807) is 0 Å². The number of anilines is 2. The first-order valence-electron chi connectivity index (χ1n) is 12.0. The van der Waals surface area contributed by atoms with Gasteiger partial charge in [-0.05, 0) is 68.7 Å². The van der Waals surface area contributed by atoms with Crippen LogP contribution in [0.25, 0.3) is 10.9 Å². The number of halogens is 2. The number of aryl methyl sites for hydroxylation is 1. The van der Waals surface area contributed by atoms with Gasteiger partial charge in [0, 0.05) is 61.2 Å². The van der Waals surface area contributed by atoms with Crippen LogP contribution in [-0.4, -0.2) is 54.7 Å². The SMILES string of the molecule is CCC(C)NC(=O)Nc1cccc(CCN2CCN(c3cccc4nc(C)ccc34)CC2)c1.Cl.Cl. The summed E-state index contributed by atoms with van der Waals surface area (Å²) in [7, 11) is 0. The highest BCUT2D eigenvalue weighted by Gasteiger charge is 2.19. The first-order chi connectivity index (χ1) is 16.0. The van der Waals surface area contributed by atoms with Crippen LogP contribution in [0, 0.1) is 6.92 Å². The van der Waals surface area contributed by atoms with Crippen molar-refractivity contribution in [1.29, 1.82) is 0 Å². The van der Waals surface area contributed by atoms with Crippen LogP contribution < -0.4 is 15.5 Å². The van der Waals surface area contributed by atoms with Crippen molar-refractivity contribution in [3.63, 3.8) is 0 Å². The molecule has 2 heterocycles. The van der Waals surface area contributed by atoms with E-state index < -0.39 is 0 Å². The van der Waals surface area contributed by atoms with E-state index in [0.717, 1.165) is 62.5 Å². The molecule has 0 saturated carbocycles.